The van der Waals surface area contributed by atoms with Crippen molar-refractivity contribution in [2.24, 2.45) is 11.7 Å². The summed E-state index contributed by atoms with van der Waals surface area (Å²) in [6.07, 6.45) is 8.85. The topological polar surface area (TPSA) is 52.3 Å². The average molecular weight is 317 g/mol. The minimum atomic E-state index is -0.722. The summed E-state index contributed by atoms with van der Waals surface area (Å²) in [5.74, 6) is 0.132. The van der Waals surface area contributed by atoms with Crippen molar-refractivity contribution in [3.63, 3.8) is 0 Å². The van der Waals surface area contributed by atoms with Crippen LogP contribution in [0.3, 0.4) is 0 Å². The van der Waals surface area contributed by atoms with Crippen molar-refractivity contribution in [3.05, 3.63) is 40.7 Å². The number of rotatable bonds is 6. The standard InChI is InChI=1S/C19H24FNO2/c1-2-12-3-5-13(6-4-12)11-23-18-10-17(20)16(19(21)22)9-15(18)14-7-8-14/h3,9-10,13-14H,2,4-8,11H2,1H3,(H2,21,22). The van der Waals surface area contributed by atoms with Gasteiger partial charge in [0.2, 0.25) is 0 Å². The van der Waals surface area contributed by atoms with Crippen LogP contribution in [0.25, 0.3) is 0 Å². The smallest absolute Gasteiger partial charge is 0.251 e. The van der Waals surface area contributed by atoms with Gasteiger partial charge in [-0.05, 0) is 62.0 Å². The summed E-state index contributed by atoms with van der Waals surface area (Å²) < 4.78 is 20.0. The molecule has 0 spiro atoms. The summed E-state index contributed by atoms with van der Waals surface area (Å²) in [4.78, 5) is 11.3. The summed E-state index contributed by atoms with van der Waals surface area (Å²) in [5.41, 5.74) is 7.67. The van der Waals surface area contributed by atoms with E-state index >= 15 is 0 Å². The van der Waals surface area contributed by atoms with Crippen molar-refractivity contribution in [2.75, 3.05) is 6.61 Å². The van der Waals surface area contributed by atoms with E-state index in [4.69, 9.17) is 10.5 Å². The number of amides is 1. The highest BCUT2D eigenvalue weighted by Crippen LogP contribution is 2.45. The Bertz CT molecular complexity index is 635. The molecule has 0 heterocycles. The van der Waals surface area contributed by atoms with Gasteiger partial charge in [-0.25, -0.2) is 4.39 Å². The van der Waals surface area contributed by atoms with Crippen molar-refractivity contribution in [1.29, 1.82) is 0 Å². The lowest BCUT2D eigenvalue weighted by atomic mass is 9.89. The van der Waals surface area contributed by atoms with Gasteiger partial charge in [0.05, 0.1) is 12.2 Å². The first-order valence-electron chi connectivity index (χ1n) is 8.52. The maximum atomic E-state index is 14.0. The van der Waals surface area contributed by atoms with Gasteiger partial charge in [0.15, 0.2) is 0 Å². The molecule has 0 radical (unpaired) electrons. The largest absolute Gasteiger partial charge is 0.493 e. The SMILES string of the molecule is CCC1=CCC(COc2cc(F)c(C(N)=O)cc2C2CC2)CC1. The molecule has 3 rings (SSSR count). The number of hydrogen-bond acceptors (Lipinski definition) is 2. The van der Waals surface area contributed by atoms with Crippen LogP contribution in [0.2, 0.25) is 0 Å². The first-order valence-corrected chi connectivity index (χ1v) is 8.52. The third-order valence-electron chi connectivity index (χ3n) is 4.92. The number of halogens is 1. The van der Waals surface area contributed by atoms with Gasteiger partial charge in [0.1, 0.15) is 11.6 Å². The van der Waals surface area contributed by atoms with E-state index in [0.717, 1.165) is 44.1 Å². The summed E-state index contributed by atoms with van der Waals surface area (Å²) >= 11 is 0. The molecule has 1 aromatic rings. The van der Waals surface area contributed by atoms with E-state index in [0.29, 0.717) is 24.2 Å². The number of benzene rings is 1. The highest BCUT2D eigenvalue weighted by molar-refractivity contribution is 5.93. The van der Waals surface area contributed by atoms with Crippen molar-refractivity contribution < 1.29 is 13.9 Å². The van der Waals surface area contributed by atoms with Crippen LogP contribution >= 0.6 is 0 Å². The van der Waals surface area contributed by atoms with E-state index in [9.17, 15) is 9.18 Å². The van der Waals surface area contributed by atoms with Gasteiger partial charge in [-0.1, -0.05) is 18.6 Å². The lowest BCUT2D eigenvalue weighted by Gasteiger charge is -2.22. The number of carbonyl (C=O) groups is 1. The Balaban J connectivity index is 1.71. The molecule has 2 aliphatic carbocycles. The Morgan fingerprint density at radius 1 is 1.35 bits per heavy atom. The Kier molecular flexibility index (Phi) is 4.69. The van der Waals surface area contributed by atoms with Gasteiger partial charge in [-0.3, -0.25) is 4.79 Å². The molecule has 1 saturated carbocycles. The van der Waals surface area contributed by atoms with Gasteiger partial charge in [0, 0.05) is 6.07 Å². The van der Waals surface area contributed by atoms with E-state index in [1.807, 2.05) is 0 Å². The first-order chi connectivity index (χ1) is 11.1. The Morgan fingerprint density at radius 2 is 2.13 bits per heavy atom. The molecule has 1 fully saturated rings. The number of primary amides is 1. The summed E-state index contributed by atoms with van der Waals surface area (Å²) in [6, 6.07) is 2.92. The minimum absolute atomic E-state index is 0.0348. The lowest BCUT2D eigenvalue weighted by molar-refractivity contribution is 0.0996. The van der Waals surface area contributed by atoms with Crippen molar-refractivity contribution >= 4 is 5.91 Å². The Hall–Kier alpha value is -1.84. The third kappa shape index (κ3) is 3.74. The quantitative estimate of drug-likeness (QED) is 0.795. The van der Waals surface area contributed by atoms with Crippen LogP contribution in [0.4, 0.5) is 4.39 Å². The molecule has 1 unspecified atom stereocenters. The number of carbonyl (C=O) groups excluding carboxylic acids is 1. The maximum Gasteiger partial charge on any atom is 0.251 e. The van der Waals surface area contributed by atoms with Crippen LogP contribution in [-0.4, -0.2) is 12.5 Å². The molecule has 23 heavy (non-hydrogen) atoms. The Labute approximate surface area is 136 Å². The zero-order chi connectivity index (χ0) is 16.4. The second kappa shape index (κ2) is 6.73. The Morgan fingerprint density at radius 3 is 2.70 bits per heavy atom. The highest BCUT2D eigenvalue weighted by atomic mass is 19.1. The summed E-state index contributed by atoms with van der Waals surface area (Å²) in [5, 5.41) is 0. The molecule has 2 aliphatic rings. The van der Waals surface area contributed by atoms with Gasteiger partial charge in [-0.15, -0.1) is 0 Å². The molecule has 0 aliphatic heterocycles. The second-order valence-electron chi connectivity index (χ2n) is 6.68. The highest BCUT2D eigenvalue weighted by Gasteiger charge is 2.29. The molecular formula is C19H24FNO2. The van der Waals surface area contributed by atoms with E-state index < -0.39 is 11.7 Å². The number of allylic oxidation sites excluding steroid dienone is 2. The van der Waals surface area contributed by atoms with Gasteiger partial charge in [-0.2, -0.15) is 0 Å². The van der Waals surface area contributed by atoms with Crippen LogP contribution in [-0.2, 0) is 0 Å². The second-order valence-corrected chi connectivity index (χ2v) is 6.68. The van der Waals surface area contributed by atoms with E-state index in [2.05, 4.69) is 13.0 Å². The van der Waals surface area contributed by atoms with Crippen molar-refractivity contribution in [3.8, 4) is 5.75 Å². The molecule has 1 atom stereocenters. The fraction of sp³-hybridized carbons (Fsp3) is 0.526. The molecule has 1 aromatic carbocycles. The van der Waals surface area contributed by atoms with Crippen LogP contribution in [0.15, 0.2) is 23.8 Å². The molecule has 0 aromatic heterocycles. The molecule has 2 N–H and O–H groups in total. The molecule has 0 saturated heterocycles. The molecule has 3 nitrogen and oxygen atoms in total. The number of ether oxygens (including phenoxy) is 1. The van der Waals surface area contributed by atoms with Crippen LogP contribution in [0.5, 0.6) is 5.75 Å². The molecule has 4 heteroatoms. The van der Waals surface area contributed by atoms with E-state index in [1.165, 1.54) is 11.6 Å². The third-order valence-corrected chi connectivity index (χ3v) is 4.92. The zero-order valence-corrected chi connectivity index (χ0v) is 13.6. The lowest BCUT2D eigenvalue weighted by Crippen LogP contribution is -2.17. The van der Waals surface area contributed by atoms with Gasteiger partial charge < -0.3 is 10.5 Å². The number of nitrogens with two attached hydrogens (primary N) is 1. The van der Waals surface area contributed by atoms with Crippen molar-refractivity contribution in [1.82, 2.24) is 0 Å². The number of hydrogen-bond donors (Lipinski definition) is 1. The summed E-state index contributed by atoms with van der Waals surface area (Å²) in [6.45, 7) is 2.79. The minimum Gasteiger partial charge on any atom is -0.493 e. The average Bonchev–Trinajstić information content (AvgIpc) is 3.38. The van der Waals surface area contributed by atoms with E-state index in [-0.39, 0.29) is 5.56 Å². The summed E-state index contributed by atoms with van der Waals surface area (Å²) in [7, 11) is 0. The molecule has 1 amide bonds. The van der Waals surface area contributed by atoms with Crippen LogP contribution in [0, 0.1) is 11.7 Å². The fourth-order valence-electron chi connectivity index (χ4n) is 3.22. The monoisotopic (exact) mass is 317 g/mol. The first kappa shape index (κ1) is 16.0. The van der Waals surface area contributed by atoms with Crippen molar-refractivity contribution in [2.45, 2.75) is 51.4 Å². The molecule has 0 bridgehead atoms. The molecular weight excluding hydrogens is 293 g/mol. The predicted octanol–water partition coefficient (Wildman–Crippen LogP) is 4.32. The normalized spacial score (nSPS) is 21.0. The maximum absolute atomic E-state index is 14.0. The predicted molar refractivity (Wildman–Crippen MR) is 88.1 cm³/mol. The van der Waals surface area contributed by atoms with Crippen LogP contribution < -0.4 is 10.5 Å². The van der Waals surface area contributed by atoms with Gasteiger partial charge in [0.25, 0.3) is 5.91 Å². The van der Waals surface area contributed by atoms with E-state index in [1.54, 1.807) is 6.07 Å². The fourth-order valence-corrected chi connectivity index (χ4v) is 3.22. The zero-order valence-electron chi connectivity index (χ0n) is 13.6. The molecule has 124 valence electrons. The van der Waals surface area contributed by atoms with Crippen LogP contribution in [0.1, 0.15) is 67.3 Å². The van der Waals surface area contributed by atoms with Gasteiger partial charge >= 0.3 is 0 Å².